The van der Waals surface area contributed by atoms with Crippen molar-refractivity contribution in [3.05, 3.63) is 29.8 Å². The van der Waals surface area contributed by atoms with Gasteiger partial charge in [-0.15, -0.1) is 0 Å². The molecule has 2 aliphatic carbocycles. The van der Waals surface area contributed by atoms with Crippen molar-refractivity contribution in [3.8, 4) is 0 Å². The Kier molecular flexibility index (Phi) is 3.94. The standard InChI is InChI=1S/C18H25N3O/c1-18-11-5-4-6-15(18)16(18)17(22)20-19-12-13-7-9-14(10-8-13)21(2)3/h7-10,12,15-16H,4-6,11H2,1-3H3,(H,20,22). The van der Waals surface area contributed by atoms with Crippen LogP contribution in [0.3, 0.4) is 0 Å². The Labute approximate surface area is 132 Å². The van der Waals surface area contributed by atoms with E-state index in [2.05, 4.69) is 22.4 Å². The number of nitrogens with zero attached hydrogens (tertiary/aromatic N) is 2. The Bertz CT molecular complexity index is 578. The number of carbonyl (C=O) groups excluding carboxylic acids is 1. The van der Waals surface area contributed by atoms with Crippen molar-refractivity contribution >= 4 is 17.8 Å². The zero-order chi connectivity index (χ0) is 15.7. The van der Waals surface area contributed by atoms with Gasteiger partial charge in [0.2, 0.25) is 5.91 Å². The molecule has 1 aromatic carbocycles. The zero-order valence-electron chi connectivity index (χ0n) is 13.7. The molecule has 3 atom stereocenters. The van der Waals surface area contributed by atoms with Gasteiger partial charge in [0.15, 0.2) is 0 Å². The highest BCUT2D eigenvalue weighted by molar-refractivity contribution is 5.86. The fraction of sp³-hybridized carbons (Fsp3) is 0.556. The predicted octanol–water partition coefficient (Wildman–Crippen LogP) is 3.03. The molecule has 118 valence electrons. The van der Waals surface area contributed by atoms with Crippen molar-refractivity contribution in [2.75, 3.05) is 19.0 Å². The Morgan fingerprint density at radius 2 is 2.05 bits per heavy atom. The fourth-order valence-corrected chi connectivity index (χ4v) is 3.95. The smallest absolute Gasteiger partial charge is 0.244 e. The maximum Gasteiger partial charge on any atom is 0.244 e. The van der Waals surface area contributed by atoms with Crippen LogP contribution in [0.25, 0.3) is 0 Å². The van der Waals surface area contributed by atoms with Crippen LogP contribution in [0.15, 0.2) is 29.4 Å². The van der Waals surface area contributed by atoms with Crippen LogP contribution in [-0.4, -0.2) is 26.2 Å². The van der Waals surface area contributed by atoms with Gasteiger partial charge in [-0.25, -0.2) is 5.43 Å². The van der Waals surface area contributed by atoms with Gasteiger partial charge >= 0.3 is 0 Å². The van der Waals surface area contributed by atoms with Gasteiger partial charge < -0.3 is 4.90 Å². The van der Waals surface area contributed by atoms with E-state index in [0.29, 0.717) is 5.92 Å². The number of benzene rings is 1. The van der Waals surface area contributed by atoms with Gasteiger partial charge in [0.25, 0.3) is 0 Å². The lowest BCUT2D eigenvalue weighted by Gasteiger charge is -2.15. The van der Waals surface area contributed by atoms with Crippen LogP contribution in [0.4, 0.5) is 5.69 Å². The molecule has 0 saturated heterocycles. The molecule has 0 aliphatic heterocycles. The third-order valence-electron chi connectivity index (χ3n) is 5.41. The SMILES string of the molecule is CN(C)c1ccc(C=NNC(=O)C2C3CCCCC32C)cc1. The van der Waals surface area contributed by atoms with Crippen molar-refractivity contribution in [3.63, 3.8) is 0 Å². The summed E-state index contributed by atoms with van der Waals surface area (Å²) in [7, 11) is 4.03. The van der Waals surface area contributed by atoms with Crippen LogP contribution < -0.4 is 10.3 Å². The van der Waals surface area contributed by atoms with E-state index in [1.165, 1.54) is 25.7 Å². The summed E-state index contributed by atoms with van der Waals surface area (Å²) in [4.78, 5) is 14.3. The van der Waals surface area contributed by atoms with Gasteiger partial charge in [-0.1, -0.05) is 31.9 Å². The van der Waals surface area contributed by atoms with Gasteiger partial charge in [0, 0.05) is 25.7 Å². The molecule has 0 spiro atoms. The minimum absolute atomic E-state index is 0.0931. The summed E-state index contributed by atoms with van der Waals surface area (Å²) in [5.41, 5.74) is 5.11. The molecular weight excluding hydrogens is 274 g/mol. The minimum Gasteiger partial charge on any atom is -0.378 e. The maximum atomic E-state index is 12.3. The molecular formula is C18H25N3O. The highest BCUT2D eigenvalue weighted by Gasteiger charge is 2.64. The number of fused-ring (bicyclic) bond motifs is 1. The zero-order valence-corrected chi connectivity index (χ0v) is 13.7. The van der Waals surface area contributed by atoms with E-state index in [0.717, 1.165) is 11.3 Å². The van der Waals surface area contributed by atoms with E-state index < -0.39 is 0 Å². The first kappa shape index (κ1) is 15.1. The molecule has 2 fully saturated rings. The predicted molar refractivity (Wildman–Crippen MR) is 90.1 cm³/mol. The molecule has 1 aromatic rings. The molecule has 0 bridgehead atoms. The second-order valence-electron chi connectivity index (χ2n) is 7.06. The molecule has 0 radical (unpaired) electrons. The lowest BCUT2D eigenvalue weighted by atomic mass is 9.90. The fourth-order valence-electron chi connectivity index (χ4n) is 3.95. The lowest BCUT2D eigenvalue weighted by molar-refractivity contribution is -0.123. The van der Waals surface area contributed by atoms with E-state index in [1.54, 1.807) is 6.21 Å². The van der Waals surface area contributed by atoms with E-state index in [1.807, 2.05) is 38.4 Å². The summed E-state index contributed by atoms with van der Waals surface area (Å²) in [6.45, 7) is 2.25. The van der Waals surface area contributed by atoms with Crippen molar-refractivity contribution in [1.82, 2.24) is 5.43 Å². The first-order valence-corrected chi connectivity index (χ1v) is 8.13. The summed E-state index contributed by atoms with van der Waals surface area (Å²) in [6.07, 6.45) is 6.63. The number of hydrogen-bond donors (Lipinski definition) is 1. The summed E-state index contributed by atoms with van der Waals surface area (Å²) in [6, 6.07) is 8.09. The van der Waals surface area contributed by atoms with Gasteiger partial charge in [0.1, 0.15) is 0 Å². The molecule has 4 heteroatoms. The highest BCUT2D eigenvalue weighted by Crippen LogP contribution is 2.66. The van der Waals surface area contributed by atoms with Gasteiger partial charge in [-0.05, 0) is 41.9 Å². The lowest BCUT2D eigenvalue weighted by Crippen LogP contribution is -2.22. The van der Waals surface area contributed by atoms with Crippen LogP contribution in [0.5, 0.6) is 0 Å². The molecule has 1 N–H and O–H groups in total. The Morgan fingerprint density at radius 3 is 2.64 bits per heavy atom. The maximum absolute atomic E-state index is 12.3. The van der Waals surface area contributed by atoms with Crippen molar-refractivity contribution in [2.45, 2.75) is 32.6 Å². The summed E-state index contributed by atoms with van der Waals surface area (Å²) < 4.78 is 0. The molecule has 0 aromatic heterocycles. The normalized spacial score (nSPS) is 30.0. The largest absolute Gasteiger partial charge is 0.378 e. The Morgan fingerprint density at radius 1 is 1.32 bits per heavy atom. The molecule has 22 heavy (non-hydrogen) atoms. The van der Waals surface area contributed by atoms with Crippen molar-refractivity contribution in [2.24, 2.45) is 22.4 Å². The molecule has 0 heterocycles. The van der Waals surface area contributed by atoms with Crippen LogP contribution in [0.2, 0.25) is 0 Å². The second-order valence-corrected chi connectivity index (χ2v) is 7.06. The summed E-state index contributed by atoms with van der Waals surface area (Å²) >= 11 is 0. The van der Waals surface area contributed by atoms with E-state index in [9.17, 15) is 4.79 Å². The number of carbonyl (C=O) groups is 1. The van der Waals surface area contributed by atoms with Crippen LogP contribution >= 0.6 is 0 Å². The summed E-state index contributed by atoms with van der Waals surface area (Å²) in [5.74, 6) is 0.842. The van der Waals surface area contributed by atoms with Crippen LogP contribution in [-0.2, 0) is 4.79 Å². The number of hydrogen-bond acceptors (Lipinski definition) is 3. The molecule has 3 unspecified atom stereocenters. The van der Waals surface area contributed by atoms with E-state index >= 15 is 0 Å². The first-order chi connectivity index (χ1) is 10.5. The number of nitrogens with one attached hydrogen (secondary N) is 1. The number of anilines is 1. The molecule has 3 rings (SSSR count). The Hall–Kier alpha value is -1.84. The number of hydrazone groups is 1. The highest BCUT2D eigenvalue weighted by atomic mass is 16.2. The van der Waals surface area contributed by atoms with Gasteiger partial charge in [-0.3, -0.25) is 4.79 Å². The number of rotatable bonds is 4. The molecule has 1 amide bonds. The quantitative estimate of drug-likeness (QED) is 0.686. The number of amides is 1. The topological polar surface area (TPSA) is 44.7 Å². The molecule has 2 aliphatic rings. The summed E-state index contributed by atoms with van der Waals surface area (Å²) in [5, 5.41) is 4.13. The average molecular weight is 299 g/mol. The van der Waals surface area contributed by atoms with Crippen molar-refractivity contribution in [1.29, 1.82) is 0 Å². The molecule has 4 nitrogen and oxygen atoms in total. The van der Waals surface area contributed by atoms with Crippen LogP contribution in [0, 0.1) is 17.3 Å². The second kappa shape index (κ2) is 5.75. The average Bonchev–Trinajstić information content (AvgIpc) is 3.13. The van der Waals surface area contributed by atoms with Gasteiger partial charge in [-0.2, -0.15) is 5.10 Å². The third kappa shape index (κ3) is 2.74. The van der Waals surface area contributed by atoms with E-state index in [-0.39, 0.29) is 17.2 Å². The molecule has 2 saturated carbocycles. The van der Waals surface area contributed by atoms with Gasteiger partial charge in [0.05, 0.1) is 6.21 Å². The minimum atomic E-state index is 0.0931. The Balaban J connectivity index is 1.55. The van der Waals surface area contributed by atoms with Crippen molar-refractivity contribution < 1.29 is 4.79 Å². The van der Waals surface area contributed by atoms with E-state index in [4.69, 9.17) is 0 Å². The monoisotopic (exact) mass is 299 g/mol. The third-order valence-corrected chi connectivity index (χ3v) is 5.41. The first-order valence-electron chi connectivity index (χ1n) is 8.13. The van der Waals surface area contributed by atoms with Crippen LogP contribution in [0.1, 0.15) is 38.2 Å².